The van der Waals surface area contributed by atoms with Crippen LogP contribution in [0.5, 0.6) is 0 Å². The van der Waals surface area contributed by atoms with E-state index >= 15 is 0 Å². The van der Waals surface area contributed by atoms with Crippen LogP contribution in [-0.4, -0.2) is 50.3 Å². The van der Waals surface area contributed by atoms with E-state index in [1.165, 1.54) is 0 Å². The molecule has 0 bridgehead atoms. The van der Waals surface area contributed by atoms with Crippen LogP contribution in [0, 0.1) is 0 Å². The molecular weight excluding hydrogens is 299 g/mol. The second-order valence-corrected chi connectivity index (χ2v) is 5.76. The summed E-state index contributed by atoms with van der Waals surface area (Å²) in [5.74, 6) is -1.67. The number of carbonyl (C=O) groups excluding carboxylic acids is 2. The molecule has 0 amide bonds. The number of esters is 2. The smallest absolute Gasteiger partial charge is 0.352 e. The van der Waals surface area contributed by atoms with Crippen molar-refractivity contribution in [2.24, 2.45) is 0 Å². The van der Waals surface area contributed by atoms with Crippen molar-refractivity contribution in [2.45, 2.75) is 34.6 Å². The van der Waals surface area contributed by atoms with Gasteiger partial charge < -0.3 is 23.0 Å². The molecule has 8 heteroatoms. The quantitative estimate of drug-likeness (QED) is 0.346. The Bertz CT molecular complexity index is 348. The maximum Gasteiger partial charge on any atom is 0.352 e. The fourth-order valence-electron chi connectivity index (χ4n) is 1.52. The fourth-order valence-corrected chi connectivity index (χ4v) is 3.73. The van der Waals surface area contributed by atoms with Crippen molar-refractivity contribution in [3.05, 3.63) is 0 Å². The van der Waals surface area contributed by atoms with E-state index in [0.717, 1.165) is 0 Å². The van der Waals surface area contributed by atoms with Crippen LogP contribution in [0.3, 0.4) is 0 Å². The highest BCUT2D eigenvalue weighted by Gasteiger charge is 2.38. The maximum absolute atomic E-state index is 12.2. The predicted molar refractivity (Wildman–Crippen MR) is 80.1 cm³/mol. The lowest BCUT2D eigenvalue weighted by Gasteiger charge is -2.26. The molecule has 0 rings (SSSR count). The van der Waals surface area contributed by atoms with Crippen molar-refractivity contribution in [1.29, 1.82) is 0 Å². The lowest BCUT2D eigenvalue weighted by Crippen LogP contribution is -2.31. The third-order valence-electron chi connectivity index (χ3n) is 2.11. The first kappa shape index (κ1) is 20.1. The summed E-state index contributed by atoms with van der Waals surface area (Å²) in [6.07, 6.45) is 0. The Morgan fingerprint density at radius 3 is 1.24 bits per heavy atom. The third-order valence-corrected chi connectivity index (χ3v) is 4.82. The maximum atomic E-state index is 12.2. The van der Waals surface area contributed by atoms with Gasteiger partial charge in [0.25, 0.3) is 7.57 Å². The van der Waals surface area contributed by atoms with Crippen LogP contribution in [-0.2, 0) is 32.6 Å². The molecule has 21 heavy (non-hydrogen) atoms. The van der Waals surface area contributed by atoms with Gasteiger partial charge in [0.05, 0.1) is 33.0 Å². The Balaban J connectivity index is 6.07. The molecule has 7 nitrogen and oxygen atoms in total. The van der Waals surface area contributed by atoms with Gasteiger partial charge in [0.15, 0.2) is 0 Å². The van der Waals surface area contributed by atoms with Gasteiger partial charge in [-0.2, -0.15) is 0 Å². The summed E-state index contributed by atoms with van der Waals surface area (Å²) in [5, 5.41) is -0.336. The van der Waals surface area contributed by atoms with E-state index in [9.17, 15) is 9.59 Å². The van der Waals surface area contributed by atoms with E-state index < -0.39 is 19.5 Å². The molecule has 0 N–H and O–H groups in total. The molecule has 124 valence electrons. The van der Waals surface area contributed by atoms with E-state index in [1.807, 2.05) is 0 Å². The normalized spacial score (nSPS) is 11.1. The van der Waals surface area contributed by atoms with Crippen molar-refractivity contribution in [3.8, 4) is 0 Å². The van der Waals surface area contributed by atoms with E-state index in [-0.39, 0.29) is 38.3 Å². The second-order valence-electron chi connectivity index (χ2n) is 3.54. The van der Waals surface area contributed by atoms with Gasteiger partial charge in [0.1, 0.15) is 0 Å². The molecule has 0 radical (unpaired) electrons. The SMILES string of the molecule is CCOC(=O)C(C(=O)OCC)=P(OCC)(OCC)OCC. The molecule has 0 saturated carbocycles. The molecule has 0 saturated heterocycles. The Labute approximate surface area is 126 Å². The zero-order chi connectivity index (χ0) is 16.3. The molecule has 0 unspecified atom stereocenters. The summed E-state index contributed by atoms with van der Waals surface area (Å²) in [6.45, 7) is 9.34. The molecule has 0 aromatic carbocycles. The molecule has 0 fully saturated rings. The molecule has 0 atom stereocenters. The van der Waals surface area contributed by atoms with Crippen LogP contribution in [0.1, 0.15) is 34.6 Å². The van der Waals surface area contributed by atoms with Crippen molar-refractivity contribution in [1.82, 2.24) is 0 Å². The second kappa shape index (κ2) is 10.8. The van der Waals surface area contributed by atoms with Gasteiger partial charge in [0.2, 0.25) is 5.29 Å². The highest BCUT2D eigenvalue weighted by Crippen LogP contribution is 2.53. The minimum atomic E-state index is -3.31. The van der Waals surface area contributed by atoms with Gasteiger partial charge >= 0.3 is 11.9 Å². The van der Waals surface area contributed by atoms with Crippen LogP contribution in [0.15, 0.2) is 0 Å². The van der Waals surface area contributed by atoms with Crippen LogP contribution >= 0.6 is 7.57 Å². The summed E-state index contributed by atoms with van der Waals surface area (Å²) in [7, 11) is -3.31. The average molecular weight is 324 g/mol. The highest BCUT2D eigenvalue weighted by atomic mass is 31.2. The molecule has 0 aliphatic carbocycles. The summed E-state index contributed by atoms with van der Waals surface area (Å²) < 4.78 is 26.5. The predicted octanol–water partition coefficient (Wildman–Crippen LogP) is 2.16. The Morgan fingerprint density at radius 2 is 1.00 bits per heavy atom. The van der Waals surface area contributed by atoms with E-state index in [0.29, 0.717) is 0 Å². The van der Waals surface area contributed by atoms with E-state index in [2.05, 4.69) is 0 Å². The minimum Gasteiger partial charge on any atom is -0.462 e. The monoisotopic (exact) mass is 324 g/mol. The Hall–Kier alpha value is -0.880. The molecule has 0 aliphatic rings. The fraction of sp³-hybridized carbons (Fsp3) is 0.769. The first-order valence-electron chi connectivity index (χ1n) is 7.07. The molecule has 0 aromatic rings. The first-order chi connectivity index (χ1) is 10.0. The van der Waals surface area contributed by atoms with Gasteiger partial charge in [-0.3, -0.25) is 0 Å². The van der Waals surface area contributed by atoms with E-state index in [4.69, 9.17) is 23.0 Å². The standard InChI is InChI=1S/C13H25O7P/c1-6-16-12(14)11(13(15)17-7-2)21(18-8-3,19-9-4)20-10-5/h6-10H2,1-5H3. The first-order valence-corrected chi connectivity index (χ1v) is 8.61. The number of carbonyl (C=O) groups is 2. The van der Waals surface area contributed by atoms with Crippen molar-refractivity contribution < 1.29 is 32.6 Å². The summed E-state index contributed by atoms with van der Waals surface area (Å²) in [4.78, 5) is 24.3. The lowest BCUT2D eigenvalue weighted by atomic mass is 10.4. The summed E-state index contributed by atoms with van der Waals surface area (Å²) in [6, 6.07) is 0. The van der Waals surface area contributed by atoms with Crippen LogP contribution in [0.4, 0.5) is 0 Å². The molecular formula is C13H25O7P. The zero-order valence-corrected chi connectivity index (χ0v) is 14.2. The largest absolute Gasteiger partial charge is 0.462 e. The van der Waals surface area contributed by atoms with Gasteiger partial charge in [-0.25, -0.2) is 9.59 Å². The molecule has 0 spiro atoms. The number of hydrogen-bond donors (Lipinski definition) is 0. The lowest BCUT2D eigenvalue weighted by molar-refractivity contribution is -0.140. The van der Waals surface area contributed by atoms with Crippen LogP contribution in [0.25, 0.3) is 0 Å². The summed E-state index contributed by atoms with van der Waals surface area (Å²) >= 11 is 0. The number of ether oxygens (including phenoxy) is 2. The van der Waals surface area contributed by atoms with Crippen molar-refractivity contribution in [2.75, 3.05) is 33.0 Å². The van der Waals surface area contributed by atoms with Gasteiger partial charge in [0, 0.05) is 0 Å². The topological polar surface area (TPSA) is 80.3 Å². The average Bonchev–Trinajstić information content (AvgIpc) is 2.40. The van der Waals surface area contributed by atoms with Gasteiger partial charge in [-0.1, -0.05) is 0 Å². The Morgan fingerprint density at radius 1 is 0.667 bits per heavy atom. The summed E-state index contributed by atoms with van der Waals surface area (Å²) in [5.41, 5.74) is 0. The molecule has 0 aliphatic heterocycles. The number of hydrogen-bond acceptors (Lipinski definition) is 7. The van der Waals surface area contributed by atoms with Crippen molar-refractivity contribution >= 4 is 24.8 Å². The van der Waals surface area contributed by atoms with Gasteiger partial charge in [-0.15, -0.1) is 0 Å². The van der Waals surface area contributed by atoms with Crippen LogP contribution < -0.4 is 0 Å². The molecule has 0 aromatic heterocycles. The zero-order valence-electron chi connectivity index (χ0n) is 13.3. The van der Waals surface area contributed by atoms with Gasteiger partial charge in [-0.05, 0) is 34.6 Å². The highest BCUT2D eigenvalue weighted by molar-refractivity contribution is 7.67. The van der Waals surface area contributed by atoms with Crippen LogP contribution in [0.2, 0.25) is 0 Å². The minimum absolute atomic E-state index is 0.117. The Kier molecular flexibility index (Phi) is 10.3. The van der Waals surface area contributed by atoms with Crippen molar-refractivity contribution in [3.63, 3.8) is 0 Å². The molecule has 0 heterocycles. The number of rotatable bonds is 10. The third kappa shape index (κ3) is 5.79. The van der Waals surface area contributed by atoms with E-state index in [1.54, 1.807) is 34.6 Å².